The monoisotopic (exact) mass is 398 g/mol. The Balaban J connectivity index is 1.96. The third-order valence-electron chi connectivity index (χ3n) is 4.35. The number of nitrogens with zero attached hydrogens (tertiary/aromatic N) is 2. The lowest BCUT2D eigenvalue weighted by Crippen LogP contribution is -2.20. The van der Waals surface area contributed by atoms with Crippen LogP contribution in [0.25, 0.3) is 11.3 Å². The average molecular weight is 399 g/mol. The Morgan fingerprint density at radius 3 is 2.70 bits per heavy atom. The van der Waals surface area contributed by atoms with Crippen molar-refractivity contribution in [2.75, 3.05) is 0 Å². The van der Waals surface area contributed by atoms with E-state index in [4.69, 9.17) is 33.7 Å². The van der Waals surface area contributed by atoms with E-state index in [1.807, 2.05) is 0 Å². The van der Waals surface area contributed by atoms with Crippen molar-refractivity contribution in [1.29, 1.82) is 5.26 Å². The topological polar surface area (TPSA) is 108 Å². The molecule has 6 nitrogen and oxygen atoms in total. The summed E-state index contributed by atoms with van der Waals surface area (Å²) in [7, 11) is 0. The molecule has 27 heavy (non-hydrogen) atoms. The van der Waals surface area contributed by atoms with Gasteiger partial charge >= 0.3 is 0 Å². The van der Waals surface area contributed by atoms with Crippen LogP contribution in [0.15, 0.2) is 53.9 Å². The zero-order valence-corrected chi connectivity index (χ0v) is 15.2. The van der Waals surface area contributed by atoms with Crippen molar-refractivity contribution in [3.8, 4) is 29.0 Å². The Bertz CT molecular complexity index is 1130. The van der Waals surface area contributed by atoms with Gasteiger partial charge in [-0.25, -0.2) is 0 Å². The average Bonchev–Trinajstić information content (AvgIpc) is 3.06. The summed E-state index contributed by atoms with van der Waals surface area (Å²) in [5.74, 6) is -0.239. The second-order valence-electron chi connectivity index (χ2n) is 5.97. The van der Waals surface area contributed by atoms with E-state index in [9.17, 15) is 10.4 Å². The minimum atomic E-state index is -0.561. The molecule has 0 amide bonds. The number of halogens is 2. The van der Waals surface area contributed by atoms with E-state index in [2.05, 4.69) is 16.3 Å². The van der Waals surface area contributed by atoms with Crippen molar-refractivity contribution >= 4 is 23.2 Å². The fraction of sp³-hybridized carbons (Fsp3) is 0.0526. The number of rotatable bonds is 2. The zero-order valence-electron chi connectivity index (χ0n) is 13.7. The number of aromatic hydroxyl groups is 1. The van der Waals surface area contributed by atoms with Crippen LogP contribution >= 0.6 is 23.2 Å². The van der Waals surface area contributed by atoms with Gasteiger partial charge in [0.2, 0.25) is 11.8 Å². The molecule has 0 fully saturated rings. The van der Waals surface area contributed by atoms with Crippen LogP contribution in [-0.2, 0) is 0 Å². The van der Waals surface area contributed by atoms with E-state index in [0.717, 1.165) is 5.56 Å². The van der Waals surface area contributed by atoms with Crippen LogP contribution in [0, 0.1) is 11.3 Å². The molecule has 1 aliphatic rings. The maximum atomic E-state index is 9.90. The van der Waals surface area contributed by atoms with Crippen LogP contribution in [0.2, 0.25) is 10.0 Å². The predicted molar refractivity (Wildman–Crippen MR) is 101 cm³/mol. The second kappa shape index (κ2) is 6.54. The van der Waals surface area contributed by atoms with Crippen LogP contribution in [0.4, 0.5) is 0 Å². The highest BCUT2D eigenvalue weighted by Crippen LogP contribution is 2.46. The molecular formula is C19H12Cl2N4O2. The Morgan fingerprint density at radius 1 is 1.19 bits per heavy atom. The number of allylic oxidation sites excluding steroid dienone is 1. The van der Waals surface area contributed by atoms with Crippen LogP contribution in [0.1, 0.15) is 17.0 Å². The number of hydrogen-bond acceptors (Lipinski definition) is 5. The predicted octanol–water partition coefficient (Wildman–Crippen LogP) is 4.31. The number of ether oxygens (including phenoxy) is 1. The minimum Gasteiger partial charge on any atom is -0.508 e. The number of phenols is 1. The van der Waals surface area contributed by atoms with Crippen LogP contribution in [0.3, 0.4) is 0 Å². The molecule has 0 spiro atoms. The lowest BCUT2D eigenvalue weighted by Gasteiger charge is -2.24. The summed E-state index contributed by atoms with van der Waals surface area (Å²) in [4.78, 5) is 0. The molecule has 0 aliphatic carbocycles. The SMILES string of the molecule is N#CC1=C(N)Oc2n[nH]c(-c3ccc(Cl)c(Cl)c3)c2C1c1cccc(O)c1. The van der Waals surface area contributed by atoms with Crippen molar-refractivity contribution in [1.82, 2.24) is 10.2 Å². The fourth-order valence-electron chi connectivity index (χ4n) is 3.15. The minimum absolute atomic E-state index is 0.0227. The Morgan fingerprint density at radius 2 is 2.00 bits per heavy atom. The standard InChI is InChI=1S/C19H12Cl2N4O2/c20-13-5-4-10(7-14(13)21)17-16-15(9-2-1-3-11(26)6-9)12(8-22)18(23)27-19(16)25-24-17/h1-7,15,26H,23H2,(H,24,25). The van der Waals surface area contributed by atoms with Gasteiger partial charge in [-0.05, 0) is 29.8 Å². The van der Waals surface area contributed by atoms with Gasteiger partial charge < -0.3 is 15.6 Å². The molecule has 0 saturated carbocycles. The summed E-state index contributed by atoms with van der Waals surface area (Å²) in [6.45, 7) is 0. The van der Waals surface area contributed by atoms with E-state index < -0.39 is 5.92 Å². The maximum absolute atomic E-state index is 9.90. The smallest absolute Gasteiger partial charge is 0.244 e. The summed E-state index contributed by atoms with van der Waals surface area (Å²) < 4.78 is 5.54. The van der Waals surface area contributed by atoms with Gasteiger partial charge in [0.1, 0.15) is 17.4 Å². The third kappa shape index (κ3) is 2.87. The first-order valence-corrected chi connectivity index (χ1v) is 8.65. The van der Waals surface area contributed by atoms with Gasteiger partial charge in [-0.3, -0.25) is 5.10 Å². The van der Waals surface area contributed by atoms with Crippen molar-refractivity contribution in [3.63, 3.8) is 0 Å². The quantitative estimate of drug-likeness (QED) is 0.595. The first-order chi connectivity index (χ1) is 13.0. The highest BCUT2D eigenvalue weighted by atomic mass is 35.5. The number of nitrogens with two attached hydrogens (primary N) is 1. The van der Waals surface area contributed by atoms with Gasteiger partial charge in [0.05, 0.1) is 27.2 Å². The van der Waals surface area contributed by atoms with Gasteiger partial charge in [0.15, 0.2) is 0 Å². The summed E-state index contributed by atoms with van der Waals surface area (Å²) in [5, 5.41) is 27.5. The number of H-pyrrole nitrogens is 1. The number of hydrogen-bond donors (Lipinski definition) is 3. The first-order valence-electron chi connectivity index (χ1n) is 7.89. The molecule has 2 aromatic carbocycles. The normalized spacial score (nSPS) is 15.8. The number of nitriles is 1. The van der Waals surface area contributed by atoms with E-state index in [0.29, 0.717) is 26.9 Å². The molecule has 8 heteroatoms. The fourth-order valence-corrected chi connectivity index (χ4v) is 3.45. The molecule has 4 rings (SSSR count). The summed E-state index contributed by atoms with van der Waals surface area (Å²) in [6.07, 6.45) is 0. The van der Waals surface area contributed by atoms with Gasteiger partial charge in [0.25, 0.3) is 0 Å². The van der Waals surface area contributed by atoms with Crippen LogP contribution < -0.4 is 10.5 Å². The summed E-state index contributed by atoms with van der Waals surface area (Å²) in [6, 6.07) is 13.9. The van der Waals surface area contributed by atoms with Crippen molar-refractivity contribution in [2.45, 2.75) is 5.92 Å². The zero-order chi connectivity index (χ0) is 19.1. The van der Waals surface area contributed by atoms with Crippen molar-refractivity contribution in [2.24, 2.45) is 5.73 Å². The number of aromatic nitrogens is 2. The highest BCUT2D eigenvalue weighted by Gasteiger charge is 2.35. The van der Waals surface area contributed by atoms with Crippen LogP contribution in [0.5, 0.6) is 11.6 Å². The first kappa shape index (κ1) is 17.3. The maximum Gasteiger partial charge on any atom is 0.244 e. The second-order valence-corrected chi connectivity index (χ2v) is 6.78. The van der Waals surface area contributed by atoms with Gasteiger partial charge in [0, 0.05) is 5.56 Å². The Hall–Kier alpha value is -3.14. The van der Waals surface area contributed by atoms with E-state index in [1.165, 1.54) is 0 Å². The van der Waals surface area contributed by atoms with Crippen LogP contribution in [-0.4, -0.2) is 15.3 Å². The van der Waals surface area contributed by atoms with Gasteiger partial charge in [-0.2, -0.15) is 5.26 Å². The molecule has 0 saturated heterocycles. The summed E-state index contributed by atoms with van der Waals surface area (Å²) >= 11 is 12.2. The number of phenolic OH excluding ortho intramolecular Hbond substituents is 1. The highest BCUT2D eigenvalue weighted by molar-refractivity contribution is 6.42. The van der Waals surface area contributed by atoms with Crippen molar-refractivity contribution < 1.29 is 9.84 Å². The van der Waals surface area contributed by atoms with E-state index >= 15 is 0 Å². The van der Waals surface area contributed by atoms with Gasteiger partial charge in [-0.15, -0.1) is 5.10 Å². The molecule has 3 aromatic rings. The Kier molecular flexibility index (Phi) is 4.19. The van der Waals surface area contributed by atoms with E-state index in [1.54, 1.807) is 42.5 Å². The molecule has 0 bridgehead atoms. The van der Waals surface area contributed by atoms with Crippen molar-refractivity contribution in [3.05, 3.63) is 75.1 Å². The molecule has 4 N–H and O–H groups in total. The number of aromatic amines is 1. The largest absolute Gasteiger partial charge is 0.508 e. The molecule has 134 valence electrons. The van der Waals surface area contributed by atoms with E-state index in [-0.39, 0.29) is 23.1 Å². The molecule has 1 aromatic heterocycles. The molecule has 1 unspecified atom stereocenters. The summed E-state index contributed by atoms with van der Waals surface area (Å²) in [5.41, 5.74) is 8.83. The number of nitrogens with one attached hydrogen (secondary N) is 1. The molecule has 1 atom stereocenters. The Labute approximate surface area is 164 Å². The lowest BCUT2D eigenvalue weighted by atomic mass is 9.83. The lowest BCUT2D eigenvalue weighted by molar-refractivity contribution is 0.378. The molecule has 2 heterocycles. The molecular weight excluding hydrogens is 387 g/mol. The number of benzene rings is 2. The number of fused-ring (bicyclic) bond motifs is 1. The molecule has 1 aliphatic heterocycles. The van der Waals surface area contributed by atoms with Gasteiger partial charge in [-0.1, -0.05) is 41.4 Å². The third-order valence-corrected chi connectivity index (χ3v) is 5.09. The molecule has 0 radical (unpaired) electrons.